The van der Waals surface area contributed by atoms with Crippen molar-refractivity contribution in [3.63, 3.8) is 0 Å². The van der Waals surface area contributed by atoms with Gasteiger partial charge in [0.1, 0.15) is 11.4 Å². The van der Waals surface area contributed by atoms with E-state index < -0.39 is 47.3 Å². The van der Waals surface area contributed by atoms with E-state index in [1.165, 1.54) is 38.1 Å². The lowest BCUT2D eigenvalue weighted by Gasteiger charge is -2.16. The van der Waals surface area contributed by atoms with Gasteiger partial charge in [-0.25, -0.2) is 0 Å². The van der Waals surface area contributed by atoms with Gasteiger partial charge in [-0.1, -0.05) is 71.7 Å². The number of Topliss-reactive ketones (excluding diaryl/α,β-unsaturated/α-hetero) is 2. The Labute approximate surface area is 389 Å². The second-order valence-corrected chi connectivity index (χ2v) is 15.8. The SMILES string of the molecule is CC(=O)C(N=Nc1cccc(C(=O)Nc2ccccc2CCCl)c1Cl)C(=O)Nc1cc(C)c(NC(=O)C(N=Nc2cccc(C(=O)Nc3ccccc3CCCl)c2Cl)C(C)=O)cc1C. The van der Waals surface area contributed by atoms with Gasteiger partial charge in [-0.3, -0.25) is 28.8 Å². The molecule has 0 aliphatic carbocycles. The number of azo groups is 2. The van der Waals surface area contributed by atoms with Gasteiger partial charge in [0.2, 0.25) is 12.1 Å². The molecular weight excluding hydrogens is 902 g/mol. The number of para-hydroxylation sites is 2. The molecule has 0 saturated heterocycles. The number of hydrogen-bond acceptors (Lipinski definition) is 10. The van der Waals surface area contributed by atoms with Crippen LogP contribution in [0.25, 0.3) is 0 Å². The van der Waals surface area contributed by atoms with Crippen molar-refractivity contribution < 1.29 is 28.8 Å². The number of nitrogens with zero attached hydrogens (tertiary/aromatic N) is 4. The molecule has 64 heavy (non-hydrogen) atoms. The molecule has 4 amide bonds. The molecule has 14 nitrogen and oxygen atoms in total. The highest BCUT2D eigenvalue weighted by Gasteiger charge is 2.27. The molecule has 18 heteroatoms. The number of aryl methyl sites for hydroxylation is 4. The summed E-state index contributed by atoms with van der Waals surface area (Å²) in [5.41, 5.74) is 4.69. The van der Waals surface area contributed by atoms with Gasteiger partial charge >= 0.3 is 0 Å². The van der Waals surface area contributed by atoms with Gasteiger partial charge in [0.15, 0.2) is 11.6 Å². The highest BCUT2D eigenvalue weighted by atomic mass is 35.5. The van der Waals surface area contributed by atoms with E-state index in [9.17, 15) is 28.8 Å². The van der Waals surface area contributed by atoms with E-state index in [0.717, 1.165) is 11.1 Å². The van der Waals surface area contributed by atoms with Gasteiger partial charge in [-0.15, -0.1) is 23.2 Å². The number of carbonyl (C=O) groups is 6. The Hall–Kier alpha value is -6.32. The zero-order valence-electron chi connectivity index (χ0n) is 35.0. The molecule has 0 radical (unpaired) electrons. The van der Waals surface area contributed by atoms with Gasteiger partial charge in [0.25, 0.3) is 23.6 Å². The van der Waals surface area contributed by atoms with Crippen LogP contribution in [0.2, 0.25) is 10.0 Å². The Morgan fingerprint density at radius 2 is 0.891 bits per heavy atom. The van der Waals surface area contributed by atoms with Crippen LogP contribution in [0.1, 0.15) is 56.8 Å². The number of amides is 4. The smallest absolute Gasteiger partial charge is 0.258 e. The number of ketones is 2. The maximum Gasteiger partial charge on any atom is 0.258 e. The fraction of sp³-hybridized carbons (Fsp3) is 0.217. The standard InChI is InChI=1S/C46H42Cl4N8O6/c1-25-23-38(54-46(64)42(28(4)60)58-56-36-18-10-14-32(40(36)50)44(62)52-34-16-8-6-12-30(34)20-22-48)26(2)24-37(25)53-45(63)41(27(3)59)57-55-35-17-9-13-31(39(35)49)43(61)51-33-15-7-5-11-29(33)19-21-47/h5-18,23-24,41-42H,19-22H2,1-4H3,(H,51,61)(H,52,62)(H,53,63)(H,54,64). The topological polar surface area (TPSA) is 200 Å². The lowest BCUT2D eigenvalue weighted by atomic mass is 10.1. The van der Waals surface area contributed by atoms with Crippen molar-refractivity contribution in [3.8, 4) is 0 Å². The van der Waals surface area contributed by atoms with Gasteiger partial charge < -0.3 is 21.3 Å². The highest BCUT2D eigenvalue weighted by molar-refractivity contribution is 6.37. The average Bonchev–Trinajstić information content (AvgIpc) is 3.25. The minimum atomic E-state index is -1.59. The van der Waals surface area contributed by atoms with Crippen molar-refractivity contribution in [2.45, 2.75) is 52.6 Å². The summed E-state index contributed by atoms with van der Waals surface area (Å²) in [6, 6.07) is 23.4. The third kappa shape index (κ3) is 12.4. The Morgan fingerprint density at radius 3 is 1.25 bits per heavy atom. The zero-order valence-corrected chi connectivity index (χ0v) is 38.0. The summed E-state index contributed by atoms with van der Waals surface area (Å²) in [6.45, 7) is 5.67. The third-order valence-corrected chi connectivity index (χ3v) is 10.8. The fourth-order valence-electron chi connectivity index (χ4n) is 6.21. The molecule has 0 aliphatic rings. The van der Waals surface area contributed by atoms with Crippen molar-refractivity contribution >= 4 is 116 Å². The Balaban J connectivity index is 1.27. The van der Waals surface area contributed by atoms with Crippen molar-refractivity contribution in [3.05, 3.63) is 140 Å². The number of halogens is 4. The molecule has 5 rings (SSSR count). The van der Waals surface area contributed by atoms with Crippen LogP contribution in [0.5, 0.6) is 0 Å². The zero-order chi connectivity index (χ0) is 46.5. The van der Waals surface area contributed by atoms with E-state index in [1.54, 1.807) is 62.4 Å². The van der Waals surface area contributed by atoms with E-state index in [0.29, 0.717) is 58.5 Å². The van der Waals surface area contributed by atoms with Crippen LogP contribution in [0.4, 0.5) is 34.1 Å². The summed E-state index contributed by atoms with van der Waals surface area (Å²) in [5.74, 6) is -3.13. The summed E-state index contributed by atoms with van der Waals surface area (Å²) >= 11 is 25.0. The number of carbonyl (C=O) groups excluding carboxylic acids is 6. The maximum atomic E-state index is 13.4. The predicted octanol–water partition coefficient (Wildman–Crippen LogP) is 11.0. The molecule has 0 bridgehead atoms. The summed E-state index contributed by atoms with van der Waals surface area (Å²) in [6.07, 6.45) is 1.07. The van der Waals surface area contributed by atoms with Gasteiger partial charge in [0, 0.05) is 34.5 Å². The van der Waals surface area contributed by atoms with Gasteiger partial charge in [-0.2, -0.15) is 20.5 Å². The Kier molecular flexibility index (Phi) is 17.4. The summed E-state index contributed by atoms with van der Waals surface area (Å²) in [4.78, 5) is 78.6. The van der Waals surface area contributed by atoms with E-state index in [2.05, 4.69) is 41.7 Å². The van der Waals surface area contributed by atoms with Crippen molar-refractivity contribution in [2.24, 2.45) is 20.5 Å². The molecule has 5 aromatic rings. The first-order chi connectivity index (χ1) is 30.6. The molecule has 5 aromatic carbocycles. The average molecular weight is 945 g/mol. The number of hydrogen-bond donors (Lipinski definition) is 4. The highest BCUT2D eigenvalue weighted by Crippen LogP contribution is 2.32. The lowest BCUT2D eigenvalue weighted by molar-refractivity contribution is -0.127. The van der Waals surface area contributed by atoms with Crippen LogP contribution >= 0.6 is 46.4 Å². The predicted molar refractivity (Wildman–Crippen MR) is 252 cm³/mol. The molecule has 2 unspecified atom stereocenters. The largest absolute Gasteiger partial charge is 0.324 e. The van der Waals surface area contributed by atoms with Crippen LogP contribution in [-0.4, -0.2) is 59.0 Å². The van der Waals surface area contributed by atoms with Crippen molar-refractivity contribution in [1.29, 1.82) is 0 Å². The van der Waals surface area contributed by atoms with E-state index in [4.69, 9.17) is 46.4 Å². The number of anilines is 4. The van der Waals surface area contributed by atoms with Crippen LogP contribution in [0.15, 0.2) is 118 Å². The quantitative estimate of drug-likeness (QED) is 0.0382. The first-order valence-electron chi connectivity index (χ1n) is 19.7. The van der Waals surface area contributed by atoms with Gasteiger partial charge in [0.05, 0.1) is 21.2 Å². The Morgan fingerprint density at radius 1 is 0.516 bits per heavy atom. The number of alkyl halides is 2. The second kappa shape index (κ2) is 22.9. The summed E-state index contributed by atoms with van der Waals surface area (Å²) in [5, 5.41) is 27.1. The second-order valence-electron chi connectivity index (χ2n) is 14.3. The first-order valence-corrected chi connectivity index (χ1v) is 21.5. The van der Waals surface area contributed by atoms with E-state index in [1.807, 2.05) is 24.3 Å². The lowest BCUT2D eigenvalue weighted by Crippen LogP contribution is -2.32. The number of benzene rings is 5. The minimum Gasteiger partial charge on any atom is -0.324 e. The molecule has 0 fully saturated rings. The molecule has 0 aromatic heterocycles. The molecule has 0 saturated carbocycles. The van der Waals surface area contributed by atoms with Gasteiger partial charge in [-0.05, 0) is 111 Å². The maximum absolute atomic E-state index is 13.4. The summed E-state index contributed by atoms with van der Waals surface area (Å²) in [7, 11) is 0. The first kappa shape index (κ1) is 48.7. The molecule has 0 aliphatic heterocycles. The molecule has 330 valence electrons. The minimum absolute atomic E-state index is 0.0437. The number of rotatable bonds is 18. The molecule has 2 atom stereocenters. The van der Waals surface area contributed by atoms with Crippen LogP contribution in [-0.2, 0) is 32.0 Å². The molecule has 0 spiro atoms. The molecule has 0 heterocycles. The fourth-order valence-corrected chi connectivity index (χ4v) is 7.12. The normalized spacial score (nSPS) is 12.1. The van der Waals surface area contributed by atoms with Crippen molar-refractivity contribution in [2.75, 3.05) is 33.0 Å². The summed E-state index contributed by atoms with van der Waals surface area (Å²) < 4.78 is 0. The van der Waals surface area contributed by atoms with Crippen molar-refractivity contribution in [1.82, 2.24) is 0 Å². The van der Waals surface area contributed by atoms with E-state index >= 15 is 0 Å². The number of nitrogens with one attached hydrogen (secondary N) is 4. The van der Waals surface area contributed by atoms with E-state index in [-0.39, 0.29) is 32.5 Å². The molecule has 4 N–H and O–H groups in total. The third-order valence-electron chi connectivity index (χ3n) is 9.62. The van der Waals surface area contributed by atoms with Crippen LogP contribution < -0.4 is 21.3 Å². The monoisotopic (exact) mass is 942 g/mol. The van der Waals surface area contributed by atoms with Crippen LogP contribution in [0.3, 0.4) is 0 Å². The Bertz CT molecular complexity index is 2490. The molecular formula is C46H42Cl4N8O6. The van der Waals surface area contributed by atoms with Crippen LogP contribution in [0, 0.1) is 13.8 Å².